The number of nitrogens with one attached hydrogen (secondary N) is 1. The number of thioether (sulfide) groups is 1. The molecular weight excluding hydrogens is 270 g/mol. The average Bonchev–Trinajstić information content (AvgIpc) is 2.43. The van der Waals surface area contributed by atoms with Crippen molar-refractivity contribution < 1.29 is 4.74 Å². The lowest BCUT2D eigenvalue weighted by Crippen LogP contribution is -2.23. The number of guanidine groups is 1. The predicted octanol–water partition coefficient (Wildman–Crippen LogP) is 3.20. The Bertz CT molecular complexity index is 421. The molecule has 0 aliphatic carbocycles. The minimum atomic E-state index is 0.434. The Kier molecular flexibility index (Phi) is 7.95. The van der Waals surface area contributed by atoms with Gasteiger partial charge in [0, 0.05) is 6.54 Å². The third kappa shape index (κ3) is 6.70. The van der Waals surface area contributed by atoms with Gasteiger partial charge in [0.25, 0.3) is 0 Å². The number of aliphatic imine (C=N–C) groups is 1. The van der Waals surface area contributed by atoms with Crippen LogP contribution in [0.1, 0.15) is 20.3 Å². The van der Waals surface area contributed by atoms with Crippen LogP contribution < -0.4 is 15.8 Å². The first-order chi connectivity index (χ1) is 9.63. The fourth-order valence-corrected chi connectivity index (χ4v) is 2.58. The van der Waals surface area contributed by atoms with Crippen LogP contribution in [0.4, 0.5) is 5.69 Å². The summed E-state index contributed by atoms with van der Waals surface area (Å²) < 4.78 is 5.25. The van der Waals surface area contributed by atoms with Crippen molar-refractivity contribution in [1.82, 2.24) is 0 Å². The Hall–Kier alpha value is -1.36. The van der Waals surface area contributed by atoms with Crippen molar-refractivity contribution in [3.8, 4) is 5.75 Å². The van der Waals surface area contributed by atoms with Gasteiger partial charge >= 0.3 is 0 Å². The molecular formula is C15H25N3OS. The fraction of sp³-hybridized carbons (Fsp3) is 0.533. The van der Waals surface area contributed by atoms with Gasteiger partial charge in [-0.3, -0.25) is 4.99 Å². The number of para-hydroxylation sites is 2. The largest absolute Gasteiger partial charge is 0.495 e. The normalized spacial score (nSPS) is 11.7. The van der Waals surface area contributed by atoms with Gasteiger partial charge in [-0.15, -0.1) is 0 Å². The summed E-state index contributed by atoms with van der Waals surface area (Å²) in [7, 11) is 1.64. The van der Waals surface area contributed by atoms with E-state index in [1.807, 2.05) is 36.0 Å². The lowest BCUT2D eigenvalue weighted by molar-refractivity contribution is 0.417. The summed E-state index contributed by atoms with van der Waals surface area (Å²) in [4.78, 5) is 4.33. The van der Waals surface area contributed by atoms with E-state index in [2.05, 4.69) is 24.2 Å². The van der Waals surface area contributed by atoms with Crippen LogP contribution in [0.3, 0.4) is 0 Å². The number of nitrogens with zero attached hydrogens (tertiary/aromatic N) is 1. The number of rotatable bonds is 8. The molecule has 0 radical (unpaired) electrons. The lowest BCUT2D eigenvalue weighted by atomic mass is 10.3. The molecule has 0 aliphatic rings. The zero-order chi connectivity index (χ0) is 14.8. The van der Waals surface area contributed by atoms with Gasteiger partial charge in [-0.05, 0) is 36.0 Å². The van der Waals surface area contributed by atoms with E-state index in [0.29, 0.717) is 5.96 Å². The first-order valence-corrected chi connectivity index (χ1v) is 8.06. The second-order valence-corrected chi connectivity index (χ2v) is 6.06. The van der Waals surface area contributed by atoms with Gasteiger partial charge in [0.15, 0.2) is 5.96 Å². The zero-order valence-corrected chi connectivity index (χ0v) is 13.4. The molecule has 0 aromatic heterocycles. The van der Waals surface area contributed by atoms with E-state index >= 15 is 0 Å². The minimum Gasteiger partial charge on any atom is -0.495 e. The highest BCUT2D eigenvalue weighted by molar-refractivity contribution is 7.99. The van der Waals surface area contributed by atoms with E-state index in [1.54, 1.807) is 7.11 Å². The number of ether oxygens (including phenoxy) is 1. The third-order valence-electron chi connectivity index (χ3n) is 2.55. The minimum absolute atomic E-state index is 0.434. The predicted molar refractivity (Wildman–Crippen MR) is 89.9 cm³/mol. The number of nitrogens with two attached hydrogens (primary N) is 1. The molecule has 0 saturated carbocycles. The Labute approximate surface area is 126 Å². The molecule has 0 spiro atoms. The number of benzene rings is 1. The van der Waals surface area contributed by atoms with E-state index in [9.17, 15) is 0 Å². The van der Waals surface area contributed by atoms with Crippen molar-refractivity contribution >= 4 is 23.4 Å². The topological polar surface area (TPSA) is 59.6 Å². The standard InChI is InChI=1S/C15H25N3OS/c1-12(2)11-20-10-6-9-17-15(16)18-13-7-4-5-8-14(13)19-3/h4-5,7-8,12H,6,9-11H2,1-3H3,(H3,16,17,18). The smallest absolute Gasteiger partial charge is 0.193 e. The molecule has 0 amide bonds. The SMILES string of the molecule is COc1ccccc1NC(N)=NCCCSCC(C)C. The number of anilines is 1. The van der Waals surface area contributed by atoms with Crippen molar-refractivity contribution in [2.45, 2.75) is 20.3 Å². The molecule has 0 unspecified atom stereocenters. The second-order valence-electron chi connectivity index (χ2n) is 4.91. The third-order valence-corrected chi connectivity index (χ3v) is 4.03. The second kappa shape index (κ2) is 9.53. The van der Waals surface area contributed by atoms with Crippen LogP contribution in [0.2, 0.25) is 0 Å². The quantitative estimate of drug-likeness (QED) is 0.439. The molecule has 112 valence electrons. The van der Waals surface area contributed by atoms with Crippen molar-refractivity contribution in [2.24, 2.45) is 16.6 Å². The first-order valence-electron chi connectivity index (χ1n) is 6.91. The molecule has 1 aromatic rings. The maximum atomic E-state index is 5.87. The van der Waals surface area contributed by atoms with Gasteiger partial charge < -0.3 is 15.8 Å². The molecule has 1 aromatic carbocycles. The van der Waals surface area contributed by atoms with E-state index in [-0.39, 0.29) is 0 Å². The monoisotopic (exact) mass is 295 g/mol. The Morgan fingerprint density at radius 3 is 2.85 bits per heavy atom. The summed E-state index contributed by atoms with van der Waals surface area (Å²) in [6.07, 6.45) is 1.05. The number of hydrogen-bond acceptors (Lipinski definition) is 3. The highest BCUT2D eigenvalue weighted by Crippen LogP contribution is 2.22. The molecule has 20 heavy (non-hydrogen) atoms. The number of methoxy groups -OCH3 is 1. The van der Waals surface area contributed by atoms with Crippen LogP contribution >= 0.6 is 11.8 Å². The van der Waals surface area contributed by atoms with Crippen LogP contribution in [-0.4, -0.2) is 31.1 Å². The van der Waals surface area contributed by atoms with Crippen molar-refractivity contribution in [2.75, 3.05) is 30.5 Å². The van der Waals surface area contributed by atoms with Crippen LogP contribution in [0.25, 0.3) is 0 Å². The van der Waals surface area contributed by atoms with Gasteiger partial charge in [0.2, 0.25) is 0 Å². The summed E-state index contributed by atoms with van der Waals surface area (Å²) in [6, 6.07) is 7.65. The van der Waals surface area contributed by atoms with Gasteiger partial charge in [0.05, 0.1) is 12.8 Å². The maximum absolute atomic E-state index is 5.87. The van der Waals surface area contributed by atoms with Gasteiger partial charge in [0.1, 0.15) is 5.75 Å². The molecule has 0 heterocycles. The highest BCUT2D eigenvalue weighted by Gasteiger charge is 2.01. The van der Waals surface area contributed by atoms with Gasteiger partial charge in [-0.2, -0.15) is 11.8 Å². The Morgan fingerprint density at radius 1 is 1.40 bits per heavy atom. The van der Waals surface area contributed by atoms with Crippen LogP contribution in [0, 0.1) is 5.92 Å². The molecule has 5 heteroatoms. The average molecular weight is 295 g/mol. The van der Waals surface area contributed by atoms with Crippen LogP contribution in [0.15, 0.2) is 29.3 Å². The molecule has 0 saturated heterocycles. The lowest BCUT2D eigenvalue weighted by Gasteiger charge is -2.10. The molecule has 0 aliphatic heterocycles. The number of hydrogen-bond donors (Lipinski definition) is 2. The maximum Gasteiger partial charge on any atom is 0.193 e. The Balaban J connectivity index is 2.31. The summed E-state index contributed by atoms with van der Waals surface area (Å²) in [5.41, 5.74) is 6.71. The van der Waals surface area contributed by atoms with Crippen LogP contribution in [0.5, 0.6) is 5.75 Å². The van der Waals surface area contributed by atoms with Crippen molar-refractivity contribution in [3.05, 3.63) is 24.3 Å². The molecule has 1 rings (SSSR count). The van der Waals surface area contributed by atoms with Crippen molar-refractivity contribution in [1.29, 1.82) is 0 Å². The van der Waals surface area contributed by atoms with Crippen molar-refractivity contribution in [3.63, 3.8) is 0 Å². The molecule has 4 nitrogen and oxygen atoms in total. The van der Waals surface area contributed by atoms with E-state index in [4.69, 9.17) is 10.5 Å². The zero-order valence-electron chi connectivity index (χ0n) is 12.6. The fourth-order valence-electron chi connectivity index (χ4n) is 1.61. The summed E-state index contributed by atoms with van der Waals surface area (Å²) in [6.45, 7) is 5.22. The molecule has 0 bridgehead atoms. The van der Waals surface area contributed by atoms with Crippen LogP contribution in [-0.2, 0) is 0 Å². The molecule has 0 atom stereocenters. The molecule has 0 fully saturated rings. The summed E-state index contributed by atoms with van der Waals surface area (Å²) >= 11 is 1.97. The summed E-state index contributed by atoms with van der Waals surface area (Å²) in [5, 5.41) is 3.07. The first kappa shape index (κ1) is 16.7. The highest BCUT2D eigenvalue weighted by atomic mass is 32.2. The van der Waals surface area contributed by atoms with E-state index < -0.39 is 0 Å². The van der Waals surface area contributed by atoms with E-state index in [1.165, 1.54) is 5.75 Å². The van der Waals surface area contributed by atoms with Gasteiger partial charge in [-0.1, -0.05) is 26.0 Å². The summed E-state index contributed by atoms with van der Waals surface area (Å²) in [5.74, 6) is 4.28. The Morgan fingerprint density at radius 2 is 2.15 bits per heavy atom. The van der Waals surface area contributed by atoms with Gasteiger partial charge in [-0.25, -0.2) is 0 Å². The molecule has 3 N–H and O–H groups in total. The van der Waals surface area contributed by atoms with E-state index in [0.717, 1.165) is 36.1 Å².